The molecule has 1 aliphatic rings. The first-order chi connectivity index (χ1) is 9.50. The second-order valence-corrected chi connectivity index (χ2v) is 6.22. The fourth-order valence-electron chi connectivity index (χ4n) is 2.54. The highest BCUT2D eigenvalue weighted by Gasteiger charge is 2.28. The molecule has 0 bridgehead atoms. The summed E-state index contributed by atoms with van der Waals surface area (Å²) in [5.74, 6) is 1.64. The quantitative estimate of drug-likeness (QED) is 0.865. The van der Waals surface area contributed by atoms with Crippen LogP contribution in [0.3, 0.4) is 0 Å². The Morgan fingerprint density at radius 1 is 1.25 bits per heavy atom. The Balaban J connectivity index is 1.96. The van der Waals surface area contributed by atoms with Gasteiger partial charge in [0.25, 0.3) is 0 Å². The van der Waals surface area contributed by atoms with E-state index in [9.17, 15) is 0 Å². The molecule has 5 nitrogen and oxygen atoms in total. The zero-order chi connectivity index (χ0) is 14.6. The Hall–Kier alpha value is -1.36. The molecule has 0 unspecified atom stereocenters. The fraction of sp³-hybridized carbons (Fsp3) is 0.733. The van der Waals surface area contributed by atoms with Crippen molar-refractivity contribution in [2.75, 3.05) is 43.9 Å². The van der Waals surface area contributed by atoms with Gasteiger partial charge in [0.1, 0.15) is 5.82 Å². The maximum atomic E-state index is 4.51. The molecule has 20 heavy (non-hydrogen) atoms. The number of likely N-dealkylation sites (tertiary alicyclic amines) is 1. The average Bonchev–Trinajstić information content (AvgIpc) is 2.40. The van der Waals surface area contributed by atoms with Gasteiger partial charge in [0, 0.05) is 24.8 Å². The summed E-state index contributed by atoms with van der Waals surface area (Å²) in [6.07, 6.45) is 2.47. The maximum Gasteiger partial charge on any atom is 0.224 e. The van der Waals surface area contributed by atoms with Crippen molar-refractivity contribution in [1.82, 2.24) is 14.9 Å². The molecule has 1 aromatic rings. The zero-order valence-corrected chi connectivity index (χ0v) is 13.2. The molecule has 0 amide bonds. The van der Waals surface area contributed by atoms with Crippen LogP contribution in [0.5, 0.6) is 0 Å². The van der Waals surface area contributed by atoms with Gasteiger partial charge in [-0.15, -0.1) is 0 Å². The molecule has 1 saturated heterocycles. The van der Waals surface area contributed by atoms with Gasteiger partial charge in [-0.2, -0.15) is 4.98 Å². The lowest BCUT2D eigenvalue weighted by atomic mass is 9.80. The topological polar surface area (TPSA) is 53.1 Å². The predicted molar refractivity (Wildman–Crippen MR) is 84.3 cm³/mol. The monoisotopic (exact) mass is 277 g/mol. The lowest BCUT2D eigenvalue weighted by Gasteiger charge is -2.38. The summed E-state index contributed by atoms with van der Waals surface area (Å²) in [5, 5.41) is 6.67. The van der Waals surface area contributed by atoms with E-state index in [0.29, 0.717) is 11.4 Å². The van der Waals surface area contributed by atoms with Crippen molar-refractivity contribution in [3.05, 3.63) is 11.8 Å². The summed E-state index contributed by atoms with van der Waals surface area (Å²) < 4.78 is 0. The first-order valence-electron chi connectivity index (χ1n) is 7.53. The Morgan fingerprint density at radius 3 is 2.60 bits per heavy atom. The van der Waals surface area contributed by atoms with E-state index in [-0.39, 0.29) is 0 Å². The van der Waals surface area contributed by atoms with Gasteiger partial charge in [0.05, 0.1) is 0 Å². The summed E-state index contributed by atoms with van der Waals surface area (Å²) in [6, 6.07) is 2.01. The second kappa shape index (κ2) is 6.39. The fourth-order valence-corrected chi connectivity index (χ4v) is 2.54. The molecular formula is C15H27N5. The lowest BCUT2D eigenvalue weighted by Crippen LogP contribution is -2.40. The van der Waals surface area contributed by atoms with Crippen molar-refractivity contribution in [3.8, 4) is 0 Å². The van der Waals surface area contributed by atoms with Gasteiger partial charge in [0.15, 0.2) is 0 Å². The van der Waals surface area contributed by atoms with Crippen LogP contribution in [0, 0.1) is 12.3 Å². The number of anilines is 2. The summed E-state index contributed by atoms with van der Waals surface area (Å²) in [6.45, 7) is 10.6. The molecule has 1 fully saturated rings. The van der Waals surface area contributed by atoms with Crippen molar-refractivity contribution in [3.63, 3.8) is 0 Å². The van der Waals surface area contributed by atoms with Gasteiger partial charge in [-0.05, 0) is 52.2 Å². The van der Waals surface area contributed by atoms with Gasteiger partial charge >= 0.3 is 0 Å². The number of nitrogens with zero attached hydrogens (tertiary/aromatic N) is 3. The molecule has 112 valence electrons. The van der Waals surface area contributed by atoms with Crippen molar-refractivity contribution >= 4 is 11.8 Å². The highest BCUT2D eigenvalue weighted by Crippen LogP contribution is 2.30. The minimum absolute atomic E-state index is 0.365. The highest BCUT2D eigenvalue weighted by atomic mass is 15.1. The number of rotatable bonds is 5. The average molecular weight is 277 g/mol. The van der Waals surface area contributed by atoms with E-state index in [1.54, 1.807) is 0 Å². The second-order valence-electron chi connectivity index (χ2n) is 6.22. The number of aryl methyl sites for hydroxylation is 1. The van der Waals surface area contributed by atoms with E-state index in [1.165, 1.54) is 25.9 Å². The maximum absolute atomic E-state index is 4.51. The summed E-state index contributed by atoms with van der Waals surface area (Å²) >= 11 is 0. The highest BCUT2D eigenvalue weighted by molar-refractivity contribution is 5.42. The minimum Gasteiger partial charge on any atom is -0.369 e. The molecule has 0 radical (unpaired) electrons. The van der Waals surface area contributed by atoms with Crippen LogP contribution in [0.25, 0.3) is 0 Å². The minimum atomic E-state index is 0.365. The van der Waals surface area contributed by atoms with Crippen LogP contribution in [0.1, 0.15) is 32.4 Å². The van der Waals surface area contributed by atoms with Crippen LogP contribution in [0.15, 0.2) is 6.07 Å². The molecule has 0 aliphatic carbocycles. The number of piperidine rings is 1. The smallest absolute Gasteiger partial charge is 0.224 e. The molecule has 2 heterocycles. The van der Waals surface area contributed by atoms with Crippen LogP contribution in [0.4, 0.5) is 11.8 Å². The number of aromatic nitrogens is 2. The number of hydrogen-bond donors (Lipinski definition) is 2. The molecular weight excluding hydrogens is 250 g/mol. The number of nitrogens with one attached hydrogen (secondary N) is 2. The van der Waals surface area contributed by atoms with E-state index < -0.39 is 0 Å². The summed E-state index contributed by atoms with van der Waals surface area (Å²) in [7, 11) is 2.20. The summed E-state index contributed by atoms with van der Waals surface area (Å²) in [5.41, 5.74) is 1.36. The van der Waals surface area contributed by atoms with Crippen LogP contribution in [0.2, 0.25) is 0 Å². The first-order valence-corrected chi connectivity index (χ1v) is 7.53. The van der Waals surface area contributed by atoms with E-state index in [4.69, 9.17) is 0 Å². The van der Waals surface area contributed by atoms with Gasteiger partial charge in [-0.25, -0.2) is 4.98 Å². The molecule has 5 heteroatoms. The van der Waals surface area contributed by atoms with Crippen molar-refractivity contribution in [1.29, 1.82) is 0 Å². The van der Waals surface area contributed by atoms with Gasteiger partial charge < -0.3 is 15.5 Å². The first kappa shape index (κ1) is 15.0. The Bertz CT molecular complexity index is 438. The molecule has 2 N–H and O–H groups in total. The van der Waals surface area contributed by atoms with E-state index >= 15 is 0 Å². The third-order valence-electron chi connectivity index (χ3n) is 4.08. The molecule has 2 rings (SSSR count). The van der Waals surface area contributed by atoms with Crippen molar-refractivity contribution in [2.24, 2.45) is 5.41 Å². The molecule has 0 saturated carbocycles. The van der Waals surface area contributed by atoms with Gasteiger partial charge in [-0.3, -0.25) is 0 Å². The third kappa shape index (κ3) is 4.07. The van der Waals surface area contributed by atoms with E-state index in [1.807, 2.05) is 13.0 Å². The SMILES string of the molecule is CCNc1nc(C)cc(NCC2(C)CCN(C)CC2)n1. The third-order valence-corrected chi connectivity index (χ3v) is 4.08. The zero-order valence-electron chi connectivity index (χ0n) is 13.2. The van der Waals surface area contributed by atoms with Gasteiger partial charge in [0.2, 0.25) is 5.95 Å². The summed E-state index contributed by atoms with van der Waals surface area (Å²) in [4.78, 5) is 11.3. The Labute approximate surface area is 122 Å². The van der Waals surface area contributed by atoms with E-state index in [0.717, 1.165) is 24.6 Å². The normalized spacial score (nSPS) is 18.8. The molecule has 0 spiro atoms. The predicted octanol–water partition coefficient (Wildman–Crippen LogP) is 2.36. The van der Waals surface area contributed by atoms with Gasteiger partial charge in [-0.1, -0.05) is 6.92 Å². The molecule has 0 atom stereocenters. The molecule has 1 aliphatic heterocycles. The lowest BCUT2D eigenvalue weighted by molar-refractivity contribution is 0.150. The Kier molecular flexibility index (Phi) is 4.81. The van der Waals surface area contributed by atoms with Crippen LogP contribution in [-0.4, -0.2) is 48.1 Å². The standard InChI is InChI=1S/C15H27N5/c1-5-16-14-18-12(2)10-13(19-14)17-11-15(3)6-8-20(4)9-7-15/h10H,5-9,11H2,1-4H3,(H2,16,17,18,19). The van der Waals surface area contributed by atoms with Crippen LogP contribution in [-0.2, 0) is 0 Å². The molecule has 1 aromatic heterocycles. The van der Waals surface area contributed by atoms with Crippen molar-refractivity contribution in [2.45, 2.75) is 33.6 Å². The Morgan fingerprint density at radius 2 is 1.95 bits per heavy atom. The number of hydrogen-bond acceptors (Lipinski definition) is 5. The van der Waals surface area contributed by atoms with Crippen LogP contribution >= 0.6 is 0 Å². The largest absolute Gasteiger partial charge is 0.369 e. The van der Waals surface area contributed by atoms with Crippen LogP contribution < -0.4 is 10.6 Å². The molecule has 0 aromatic carbocycles. The van der Waals surface area contributed by atoms with Crippen molar-refractivity contribution < 1.29 is 0 Å². The van der Waals surface area contributed by atoms with E-state index in [2.05, 4.69) is 46.4 Å².